The van der Waals surface area contributed by atoms with Crippen LogP contribution in [-0.2, 0) is 0 Å². The number of carbonyl (C=O) groups is 1. The van der Waals surface area contributed by atoms with Crippen molar-refractivity contribution in [2.75, 3.05) is 6.61 Å². The van der Waals surface area contributed by atoms with E-state index in [0.717, 1.165) is 17.1 Å². The predicted octanol–water partition coefficient (Wildman–Crippen LogP) is 3.83. The largest absolute Gasteiger partial charge is 0.492 e. The smallest absolute Gasteiger partial charge is 0.173 e. The summed E-state index contributed by atoms with van der Waals surface area (Å²) in [7, 11) is 0. The van der Waals surface area contributed by atoms with Crippen LogP contribution in [0, 0.1) is 0 Å². The van der Waals surface area contributed by atoms with Gasteiger partial charge in [0.1, 0.15) is 18.1 Å². The van der Waals surface area contributed by atoms with Crippen LogP contribution < -0.4 is 9.47 Å². The molecule has 2 aromatic carbocycles. The van der Waals surface area contributed by atoms with E-state index in [1.54, 1.807) is 0 Å². The first-order chi connectivity index (χ1) is 10.1. The van der Waals surface area contributed by atoms with Gasteiger partial charge in [0.15, 0.2) is 5.78 Å². The molecule has 1 aliphatic heterocycles. The number of fused-ring (bicyclic) bond motifs is 1. The molecule has 21 heavy (non-hydrogen) atoms. The third-order valence-electron chi connectivity index (χ3n) is 3.53. The van der Waals surface area contributed by atoms with Crippen LogP contribution in [0.15, 0.2) is 48.5 Å². The molecule has 0 N–H and O–H groups in total. The maximum absolute atomic E-state index is 12.6. The first-order valence-electron chi connectivity index (χ1n) is 7.18. The number of carbonyl (C=O) groups excluding carboxylic acids is 1. The molecule has 3 rings (SSSR count). The third-order valence-corrected chi connectivity index (χ3v) is 3.53. The SMILES string of the molecule is CC(C)Oc1ccc(C(=O)C2COc3ccccc32)cc1. The first-order valence-corrected chi connectivity index (χ1v) is 7.18. The van der Waals surface area contributed by atoms with Gasteiger partial charge in [-0.25, -0.2) is 0 Å². The van der Waals surface area contributed by atoms with Gasteiger partial charge in [-0.3, -0.25) is 4.79 Å². The minimum atomic E-state index is -0.210. The van der Waals surface area contributed by atoms with Crippen LogP contribution in [0.5, 0.6) is 11.5 Å². The van der Waals surface area contributed by atoms with Gasteiger partial charge in [-0.15, -0.1) is 0 Å². The van der Waals surface area contributed by atoms with E-state index in [2.05, 4.69) is 0 Å². The Hall–Kier alpha value is -2.29. The Labute approximate surface area is 124 Å². The van der Waals surface area contributed by atoms with Crippen LogP contribution in [0.25, 0.3) is 0 Å². The molecule has 0 aromatic heterocycles. The monoisotopic (exact) mass is 282 g/mol. The minimum absolute atomic E-state index is 0.0936. The topological polar surface area (TPSA) is 35.5 Å². The Kier molecular flexibility index (Phi) is 3.65. The van der Waals surface area contributed by atoms with Gasteiger partial charge >= 0.3 is 0 Å². The van der Waals surface area contributed by atoms with Gasteiger partial charge < -0.3 is 9.47 Å². The number of rotatable bonds is 4. The lowest BCUT2D eigenvalue weighted by Gasteiger charge is -2.11. The highest BCUT2D eigenvalue weighted by Crippen LogP contribution is 2.35. The summed E-state index contributed by atoms with van der Waals surface area (Å²) in [6, 6.07) is 15.0. The summed E-state index contributed by atoms with van der Waals surface area (Å²) in [5.41, 5.74) is 1.67. The molecule has 1 atom stereocenters. The van der Waals surface area contributed by atoms with Gasteiger partial charge in [0, 0.05) is 11.1 Å². The molecule has 108 valence electrons. The van der Waals surface area contributed by atoms with Gasteiger partial charge in [-0.1, -0.05) is 18.2 Å². The third kappa shape index (κ3) is 2.77. The Morgan fingerprint density at radius 3 is 2.57 bits per heavy atom. The molecule has 1 heterocycles. The zero-order chi connectivity index (χ0) is 14.8. The summed E-state index contributed by atoms with van der Waals surface area (Å²) in [5, 5.41) is 0. The fourth-order valence-electron chi connectivity index (χ4n) is 2.55. The second-order valence-electron chi connectivity index (χ2n) is 5.46. The summed E-state index contributed by atoms with van der Waals surface area (Å²) in [4.78, 5) is 12.6. The Morgan fingerprint density at radius 2 is 1.86 bits per heavy atom. The summed E-state index contributed by atoms with van der Waals surface area (Å²) in [6.45, 7) is 4.38. The Bertz CT molecular complexity index is 644. The molecular formula is C18H18O3. The molecule has 0 saturated carbocycles. The number of ether oxygens (including phenoxy) is 2. The summed E-state index contributed by atoms with van der Waals surface area (Å²) in [5.74, 6) is 1.48. The van der Waals surface area contributed by atoms with Crippen LogP contribution in [0.2, 0.25) is 0 Å². The Morgan fingerprint density at radius 1 is 1.14 bits per heavy atom. The van der Waals surface area contributed by atoms with Crippen molar-refractivity contribution >= 4 is 5.78 Å². The van der Waals surface area contributed by atoms with Crippen molar-refractivity contribution < 1.29 is 14.3 Å². The molecule has 1 unspecified atom stereocenters. The number of Topliss-reactive ketones (excluding diaryl/α,β-unsaturated/α-hetero) is 1. The van der Waals surface area contributed by atoms with E-state index in [9.17, 15) is 4.79 Å². The zero-order valence-corrected chi connectivity index (χ0v) is 12.2. The highest BCUT2D eigenvalue weighted by Gasteiger charge is 2.30. The van der Waals surface area contributed by atoms with Gasteiger partial charge in [0.25, 0.3) is 0 Å². The summed E-state index contributed by atoms with van der Waals surface area (Å²) >= 11 is 0. The van der Waals surface area contributed by atoms with Gasteiger partial charge in [0.05, 0.1) is 12.0 Å². The average molecular weight is 282 g/mol. The molecule has 1 aliphatic rings. The van der Waals surface area contributed by atoms with Crippen molar-refractivity contribution in [1.29, 1.82) is 0 Å². The lowest BCUT2D eigenvalue weighted by Crippen LogP contribution is -2.14. The highest BCUT2D eigenvalue weighted by molar-refractivity contribution is 6.02. The van der Waals surface area contributed by atoms with E-state index in [1.807, 2.05) is 62.4 Å². The van der Waals surface area contributed by atoms with Gasteiger partial charge in [-0.2, -0.15) is 0 Å². The molecule has 0 radical (unpaired) electrons. The first kappa shape index (κ1) is 13.7. The van der Waals surface area contributed by atoms with Crippen molar-refractivity contribution in [3.8, 4) is 11.5 Å². The maximum Gasteiger partial charge on any atom is 0.173 e. The fraction of sp³-hybridized carbons (Fsp3) is 0.278. The van der Waals surface area contributed by atoms with Crippen molar-refractivity contribution in [3.63, 3.8) is 0 Å². The van der Waals surface area contributed by atoms with E-state index in [-0.39, 0.29) is 17.8 Å². The summed E-state index contributed by atoms with van der Waals surface area (Å²) in [6.07, 6.45) is 0.127. The number of para-hydroxylation sites is 1. The highest BCUT2D eigenvalue weighted by atomic mass is 16.5. The van der Waals surface area contributed by atoms with E-state index in [4.69, 9.17) is 9.47 Å². The molecule has 2 aromatic rings. The Balaban J connectivity index is 1.80. The standard InChI is InChI=1S/C18H18O3/c1-12(2)21-14-9-7-13(8-10-14)18(19)16-11-20-17-6-4-3-5-15(16)17/h3-10,12,16H,11H2,1-2H3. The molecule has 0 aliphatic carbocycles. The van der Waals surface area contributed by atoms with Gasteiger partial charge in [0.2, 0.25) is 0 Å². The number of hydrogen-bond donors (Lipinski definition) is 0. The van der Waals surface area contributed by atoms with Crippen LogP contribution in [0.3, 0.4) is 0 Å². The number of hydrogen-bond acceptors (Lipinski definition) is 3. The maximum atomic E-state index is 12.6. The van der Waals surface area contributed by atoms with Crippen molar-refractivity contribution in [3.05, 3.63) is 59.7 Å². The molecule has 3 heteroatoms. The van der Waals surface area contributed by atoms with Crippen molar-refractivity contribution in [2.24, 2.45) is 0 Å². The molecule has 0 spiro atoms. The molecule has 0 saturated heterocycles. The predicted molar refractivity (Wildman–Crippen MR) is 81.2 cm³/mol. The molecule has 0 bridgehead atoms. The second kappa shape index (κ2) is 5.60. The molecular weight excluding hydrogens is 264 g/mol. The van der Waals surface area contributed by atoms with E-state index < -0.39 is 0 Å². The normalized spacial score (nSPS) is 16.4. The van der Waals surface area contributed by atoms with E-state index >= 15 is 0 Å². The number of ketones is 1. The molecule has 0 amide bonds. The quantitative estimate of drug-likeness (QED) is 0.799. The lowest BCUT2D eigenvalue weighted by molar-refractivity contribution is 0.0947. The van der Waals surface area contributed by atoms with Crippen molar-refractivity contribution in [1.82, 2.24) is 0 Å². The average Bonchev–Trinajstić information content (AvgIpc) is 2.90. The molecule has 0 fully saturated rings. The van der Waals surface area contributed by atoms with E-state index in [1.165, 1.54) is 0 Å². The van der Waals surface area contributed by atoms with E-state index in [0.29, 0.717) is 12.2 Å². The number of benzene rings is 2. The van der Waals surface area contributed by atoms with Crippen LogP contribution >= 0.6 is 0 Å². The fourth-order valence-corrected chi connectivity index (χ4v) is 2.55. The zero-order valence-electron chi connectivity index (χ0n) is 12.2. The lowest BCUT2D eigenvalue weighted by atomic mass is 9.92. The van der Waals surface area contributed by atoms with Crippen LogP contribution in [0.1, 0.15) is 35.7 Å². The van der Waals surface area contributed by atoms with Crippen molar-refractivity contribution in [2.45, 2.75) is 25.9 Å². The van der Waals surface area contributed by atoms with Crippen LogP contribution in [0.4, 0.5) is 0 Å². The second-order valence-corrected chi connectivity index (χ2v) is 5.46. The minimum Gasteiger partial charge on any atom is -0.492 e. The summed E-state index contributed by atoms with van der Waals surface area (Å²) < 4.78 is 11.2. The van der Waals surface area contributed by atoms with Crippen LogP contribution in [-0.4, -0.2) is 18.5 Å². The van der Waals surface area contributed by atoms with Gasteiger partial charge in [-0.05, 0) is 44.2 Å². The molecule has 3 nitrogen and oxygen atoms in total.